The molecule has 12 aromatic rings. The second-order valence-corrected chi connectivity index (χ2v) is 14.8. The number of para-hydroxylation sites is 1. The van der Waals surface area contributed by atoms with Gasteiger partial charge in [0.25, 0.3) is 0 Å². The molecule has 0 aliphatic carbocycles. The number of furan rings is 2. The van der Waals surface area contributed by atoms with E-state index < -0.39 is 0 Å². The van der Waals surface area contributed by atoms with Crippen LogP contribution in [-0.2, 0) is 0 Å². The molecule has 0 amide bonds. The van der Waals surface area contributed by atoms with E-state index in [1.807, 2.05) is 18.3 Å². The van der Waals surface area contributed by atoms with Crippen LogP contribution >= 0.6 is 0 Å². The fraction of sp³-hybridized carbons (Fsp3) is 0. The van der Waals surface area contributed by atoms with Crippen molar-refractivity contribution in [3.05, 3.63) is 194 Å². The van der Waals surface area contributed by atoms with Crippen LogP contribution < -0.4 is 4.90 Å². The molecule has 0 radical (unpaired) electrons. The topological polar surface area (TPSA) is 42.4 Å². The Morgan fingerprint density at radius 3 is 1.28 bits per heavy atom. The Labute approximate surface area is 327 Å². The molecule has 0 unspecified atom stereocenters. The van der Waals surface area contributed by atoms with E-state index in [2.05, 4.69) is 186 Å². The summed E-state index contributed by atoms with van der Waals surface area (Å²) in [5.74, 6) is 0. The Balaban J connectivity index is 0.957. The average Bonchev–Trinajstić information content (AvgIpc) is 3.81. The lowest BCUT2D eigenvalue weighted by Gasteiger charge is -2.25. The summed E-state index contributed by atoms with van der Waals surface area (Å²) in [6, 6.07) is 66.7. The van der Waals surface area contributed by atoms with Crippen LogP contribution in [0.4, 0.5) is 17.1 Å². The monoisotopic (exact) mass is 728 g/mol. The Morgan fingerprint density at radius 2 is 0.737 bits per heavy atom. The molecule has 0 saturated heterocycles. The molecule has 0 saturated carbocycles. The molecular weight excluding hydrogens is 697 g/mol. The molecule has 0 bridgehead atoms. The Hall–Kier alpha value is -7.69. The predicted molar refractivity (Wildman–Crippen MR) is 237 cm³/mol. The number of hydrogen-bond donors (Lipinski definition) is 0. The zero-order valence-electron chi connectivity index (χ0n) is 30.7. The molecule has 0 atom stereocenters. The summed E-state index contributed by atoms with van der Waals surface area (Å²) in [5.41, 5.74) is 12.0. The summed E-state index contributed by atoms with van der Waals surface area (Å²) in [6.07, 6.45) is 1.95. The summed E-state index contributed by atoms with van der Waals surface area (Å²) in [7, 11) is 0. The maximum Gasteiger partial charge on any atom is 0.137 e. The molecule has 0 spiro atoms. The Bertz CT molecular complexity index is 3370. The number of hydrogen-bond acceptors (Lipinski definition) is 4. The molecule has 57 heavy (non-hydrogen) atoms. The van der Waals surface area contributed by atoms with E-state index in [-0.39, 0.29) is 0 Å². The summed E-state index contributed by atoms with van der Waals surface area (Å²) in [6.45, 7) is 0. The molecule has 0 fully saturated rings. The first-order valence-corrected chi connectivity index (χ1v) is 19.2. The molecule has 0 aliphatic rings. The van der Waals surface area contributed by atoms with Gasteiger partial charge in [0.15, 0.2) is 0 Å². The van der Waals surface area contributed by atoms with Crippen LogP contribution in [0.15, 0.2) is 203 Å². The van der Waals surface area contributed by atoms with Crippen LogP contribution in [0.1, 0.15) is 0 Å². The highest BCUT2D eigenvalue weighted by Gasteiger charge is 2.18. The minimum Gasteiger partial charge on any atom is -0.456 e. The van der Waals surface area contributed by atoms with Crippen molar-refractivity contribution in [1.29, 1.82) is 0 Å². The van der Waals surface area contributed by atoms with Crippen molar-refractivity contribution in [3.63, 3.8) is 0 Å². The van der Waals surface area contributed by atoms with Gasteiger partial charge in [-0.1, -0.05) is 103 Å². The summed E-state index contributed by atoms with van der Waals surface area (Å²) in [5, 5.41) is 10.3. The Kier molecular flexibility index (Phi) is 6.89. The van der Waals surface area contributed by atoms with E-state index >= 15 is 0 Å². The van der Waals surface area contributed by atoms with Crippen LogP contribution in [0, 0.1) is 0 Å². The molecular formula is C53H32N2O2. The van der Waals surface area contributed by atoms with E-state index in [1.54, 1.807) is 0 Å². The maximum absolute atomic E-state index is 6.56. The molecule has 0 aliphatic heterocycles. The predicted octanol–water partition coefficient (Wildman–Crippen LogP) is 15.1. The van der Waals surface area contributed by atoms with Gasteiger partial charge < -0.3 is 13.7 Å². The van der Waals surface area contributed by atoms with Crippen LogP contribution in [0.3, 0.4) is 0 Å². The molecule has 9 aromatic carbocycles. The fourth-order valence-corrected chi connectivity index (χ4v) is 8.51. The van der Waals surface area contributed by atoms with Crippen molar-refractivity contribution >= 4 is 93.4 Å². The third-order valence-corrected chi connectivity index (χ3v) is 11.4. The second kappa shape index (κ2) is 12.4. The van der Waals surface area contributed by atoms with Crippen LogP contribution in [-0.4, -0.2) is 4.98 Å². The van der Waals surface area contributed by atoms with E-state index in [0.29, 0.717) is 0 Å². The number of nitrogens with zero attached hydrogens (tertiary/aromatic N) is 2. The average molecular weight is 729 g/mol. The van der Waals surface area contributed by atoms with Crippen molar-refractivity contribution < 1.29 is 8.83 Å². The van der Waals surface area contributed by atoms with E-state index in [1.165, 1.54) is 21.5 Å². The highest BCUT2D eigenvalue weighted by molar-refractivity contribution is 6.12. The quantitative estimate of drug-likeness (QED) is 0.177. The summed E-state index contributed by atoms with van der Waals surface area (Å²) >= 11 is 0. The zero-order valence-corrected chi connectivity index (χ0v) is 30.7. The van der Waals surface area contributed by atoms with Crippen molar-refractivity contribution in [2.45, 2.75) is 0 Å². The van der Waals surface area contributed by atoms with Gasteiger partial charge in [0.2, 0.25) is 0 Å². The van der Waals surface area contributed by atoms with Gasteiger partial charge >= 0.3 is 0 Å². The van der Waals surface area contributed by atoms with Crippen molar-refractivity contribution in [2.24, 2.45) is 0 Å². The number of pyridine rings is 1. The molecule has 12 rings (SSSR count). The minimum atomic E-state index is 0.845. The fourth-order valence-electron chi connectivity index (χ4n) is 8.51. The summed E-state index contributed by atoms with van der Waals surface area (Å²) in [4.78, 5) is 6.96. The number of aromatic nitrogens is 1. The molecule has 4 heteroatoms. The van der Waals surface area contributed by atoms with Crippen LogP contribution in [0.5, 0.6) is 0 Å². The first-order chi connectivity index (χ1) is 28.2. The zero-order chi connectivity index (χ0) is 37.5. The Morgan fingerprint density at radius 1 is 0.316 bits per heavy atom. The second-order valence-electron chi connectivity index (χ2n) is 14.8. The third kappa shape index (κ3) is 5.26. The first-order valence-electron chi connectivity index (χ1n) is 19.2. The molecule has 266 valence electrons. The van der Waals surface area contributed by atoms with Gasteiger partial charge in [-0.05, 0) is 111 Å². The minimum absolute atomic E-state index is 0.845. The van der Waals surface area contributed by atoms with Crippen molar-refractivity contribution in [3.8, 4) is 22.3 Å². The van der Waals surface area contributed by atoms with Crippen molar-refractivity contribution in [1.82, 2.24) is 4.98 Å². The van der Waals surface area contributed by atoms with Gasteiger partial charge in [-0.3, -0.25) is 4.98 Å². The molecule has 4 nitrogen and oxygen atoms in total. The van der Waals surface area contributed by atoms with E-state index in [9.17, 15) is 0 Å². The third-order valence-electron chi connectivity index (χ3n) is 11.4. The largest absolute Gasteiger partial charge is 0.456 e. The van der Waals surface area contributed by atoms with Gasteiger partial charge in [0.1, 0.15) is 22.3 Å². The van der Waals surface area contributed by atoms with Crippen LogP contribution in [0.2, 0.25) is 0 Å². The maximum atomic E-state index is 6.56. The van der Waals surface area contributed by atoms with Gasteiger partial charge in [0.05, 0.1) is 5.52 Å². The van der Waals surface area contributed by atoms with Gasteiger partial charge in [-0.2, -0.15) is 0 Å². The number of anilines is 3. The number of benzene rings is 9. The van der Waals surface area contributed by atoms with E-state index in [4.69, 9.17) is 8.83 Å². The lowest BCUT2D eigenvalue weighted by atomic mass is 10.00. The smallest absolute Gasteiger partial charge is 0.137 e. The molecule has 3 heterocycles. The first kappa shape index (κ1) is 31.6. The lowest BCUT2D eigenvalue weighted by molar-refractivity contribution is 0.669. The van der Waals surface area contributed by atoms with E-state index in [0.717, 1.165) is 94.1 Å². The van der Waals surface area contributed by atoms with Gasteiger partial charge in [-0.25, -0.2) is 0 Å². The standard InChI is InChI=1S/C53H32N2O2/c1-3-9-38-28-50-47(26-36(38)7-1)45-23-21-43(30-52(45)56-50)55(44-22-24-46-48-27-37-8-2-4-10-39(37)29-51(48)57-53(46)31-44)42-19-17-34(18-20-42)33-13-15-35(16-14-33)41-25-40-11-5-6-12-49(40)54-32-41/h1-32H. The van der Waals surface area contributed by atoms with Gasteiger partial charge in [0, 0.05) is 67.9 Å². The molecule has 3 aromatic heterocycles. The summed E-state index contributed by atoms with van der Waals surface area (Å²) < 4.78 is 13.1. The van der Waals surface area contributed by atoms with Crippen molar-refractivity contribution in [2.75, 3.05) is 4.90 Å². The normalized spacial score (nSPS) is 11.9. The van der Waals surface area contributed by atoms with Gasteiger partial charge in [-0.15, -0.1) is 0 Å². The SMILES string of the molecule is c1ccc2cc3c(cc2c1)oc1cc(N(c2ccc(-c4ccc(-c5cnc6ccccc6c5)cc4)cc2)c2ccc4c(c2)oc2cc5ccccc5cc24)ccc13. The highest BCUT2D eigenvalue weighted by atomic mass is 16.3. The number of fused-ring (bicyclic) bond motifs is 9. The highest BCUT2D eigenvalue weighted by Crippen LogP contribution is 2.42. The number of rotatable bonds is 5. The van der Waals surface area contributed by atoms with Crippen LogP contribution in [0.25, 0.3) is 98.6 Å². The molecule has 0 N–H and O–H groups in total. The lowest BCUT2D eigenvalue weighted by Crippen LogP contribution is -2.09.